The fourth-order valence-corrected chi connectivity index (χ4v) is 6.04. The molecule has 1 saturated heterocycles. The van der Waals surface area contributed by atoms with E-state index in [0.717, 1.165) is 0 Å². The predicted octanol–water partition coefficient (Wildman–Crippen LogP) is -0.531. The van der Waals surface area contributed by atoms with Gasteiger partial charge in [0.2, 0.25) is 35.4 Å². The van der Waals surface area contributed by atoms with E-state index in [0.29, 0.717) is 24.0 Å². The lowest BCUT2D eigenvalue weighted by Crippen LogP contribution is -2.60. The van der Waals surface area contributed by atoms with Crippen LogP contribution in [0.5, 0.6) is 0 Å². The van der Waals surface area contributed by atoms with E-state index in [1.807, 2.05) is 0 Å². The lowest BCUT2D eigenvalue weighted by molar-refractivity contribution is -0.149. The second-order valence-corrected chi connectivity index (χ2v) is 13.9. The van der Waals surface area contributed by atoms with Gasteiger partial charge in [0, 0.05) is 19.4 Å². The highest BCUT2D eigenvalue weighted by Crippen LogP contribution is 2.18. The number of carboxylic acid groups (broad SMARTS) is 2. The second kappa shape index (κ2) is 20.6. The highest BCUT2D eigenvalue weighted by atomic mass is 16.4. The summed E-state index contributed by atoms with van der Waals surface area (Å²) >= 11 is 0. The van der Waals surface area contributed by atoms with Crippen LogP contribution in [0.1, 0.15) is 58.1 Å². The molecule has 2 aromatic carbocycles. The Morgan fingerprint density at radius 3 is 1.65 bits per heavy atom. The van der Waals surface area contributed by atoms with E-state index < -0.39 is 102 Å². The van der Waals surface area contributed by atoms with E-state index in [-0.39, 0.29) is 19.4 Å². The first-order chi connectivity index (χ1) is 26.0. The summed E-state index contributed by atoms with van der Waals surface area (Å²) in [6.07, 6.45) is 0.131. The van der Waals surface area contributed by atoms with Crippen LogP contribution in [0.15, 0.2) is 60.7 Å². The summed E-state index contributed by atoms with van der Waals surface area (Å²) in [6, 6.07) is 9.11. The number of hydrogen-bond acceptors (Lipinski definition) is 9. The number of carbonyl (C=O) groups is 8. The maximum Gasteiger partial charge on any atom is 0.326 e. The molecular weight excluding hydrogens is 714 g/mol. The minimum absolute atomic E-state index is 0.00861. The number of likely N-dealkylation sites (tertiary alicyclic amines) is 1. The van der Waals surface area contributed by atoms with Gasteiger partial charge in [0.25, 0.3) is 0 Å². The van der Waals surface area contributed by atoms with Crippen molar-refractivity contribution < 1.29 is 48.6 Å². The molecular formula is C38H51N7O10. The standard InChI is InChI=1S/C38H51N7O10/c1-21(2)31(44-33(49)26(39)20-30(46)47)36(52)43-28(19-25-14-9-6-10-15-25)35(51)42-27(18-24-12-7-5-8-13-24)34(50)40-22(3)32(48)41-23(4)37(53)45-17-11-16-29(45)38(54)55/h5-10,12-15,21-23,26-29,31H,11,16-20,39H2,1-4H3,(H,40,50)(H,41,48)(H,42,51)(H,43,52)(H,44,49)(H,46,47)(H,54,55)/t22-,23-,26-,27-,28-,29-,31-/m0/s1. The van der Waals surface area contributed by atoms with Gasteiger partial charge >= 0.3 is 11.9 Å². The molecule has 2 aromatic rings. The van der Waals surface area contributed by atoms with Crippen molar-refractivity contribution in [2.75, 3.05) is 6.54 Å². The first-order valence-corrected chi connectivity index (χ1v) is 18.1. The van der Waals surface area contributed by atoms with E-state index in [4.69, 9.17) is 10.8 Å². The fourth-order valence-electron chi connectivity index (χ4n) is 6.04. The Labute approximate surface area is 319 Å². The monoisotopic (exact) mass is 765 g/mol. The van der Waals surface area contributed by atoms with Gasteiger partial charge in [0.05, 0.1) is 12.5 Å². The van der Waals surface area contributed by atoms with Crippen LogP contribution in [0.4, 0.5) is 0 Å². The topological polar surface area (TPSA) is 266 Å². The highest BCUT2D eigenvalue weighted by Gasteiger charge is 2.37. The first kappa shape index (κ1) is 43.6. The van der Waals surface area contributed by atoms with Crippen LogP contribution in [-0.4, -0.2) is 111 Å². The van der Waals surface area contributed by atoms with E-state index in [1.54, 1.807) is 74.5 Å². The van der Waals surface area contributed by atoms with E-state index in [9.17, 15) is 43.5 Å². The minimum Gasteiger partial charge on any atom is -0.481 e. The molecule has 0 unspecified atom stereocenters. The molecule has 0 bridgehead atoms. The molecule has 1 fully saturated rings. The summed E-state index contributed by atoms with van der Waals surface area (Å²) < 4.78 is 0. The SMILES string of the molecule is CC(C)[C@H](NC(=O)[C@@H](N)CC(=O)O)C(=O)N[C@@H](Cc1ccccc1)C(=O)N[C@@H](Cc1ccccc1)C(=O)N[C@@H](C)C(=O)N[C@@H](C)C(=O)N1CCC[C@H]1C(=O)O. The molecule has 0 aromatic heterocycles. The van der Waals surface area contributed by atoms with Crippen LogP contribution in [0.3, 0.4) is 0 Å². The molecule has 6 amide bonds. The molecule has 0 spiro atoms. The number of rotatable bonds is 19. The average molecular weight is 766 g/mol. The van der Waals surface area contributed by atoms with Crippen LogP contribution in [-0.2, 0) is 51.2 Å². The number of nitrogens with zero attached hydrogens (tertiary/aromatic N) is 1. The number of carbonyl (C=O) groups excluding carboxylic acids is 6. The number of carboxylic acids is 2. The van der Waals surface area contributed by atoms with Crippen molar-refractivity contribution in [1.29, 1.82) is 0 Å². The molecule has 17 heteroatoms. The summed E-state index contributed by atoms with van der Waals surface area (Å²) in [5.41, 5.74) is 7.04. The quantitative estimate of drug-likeness (QED) is 0.0901. The summed E-state index contributed by atoms with van der Waals surface area (Å²) in [4.78, 5) is 104. The number of nitrogens with two attached hydrogens (primary N) is 1. The van der Waals surface area contributed by atoms with Gasteiger partial charge in [-0.05, 0) is 43.7 Å². The van der Waals surface area contributed by atoms with E-state index in [1.165, 1.54) is 18.7 Å². The van der Waals surface area contributed by atoms with Crippen molar-refractivity contribution >= 4 is 47.4 Å². The van der Waals surface area contributed by atoms with Gasteiger partial charge in [0.15, 0.2) is 0 Å². The van der Waals surface area contributed by atoms with E-state index in [2.05, 4.69) is 26.6 Å². The lowest BCUT2D eigenvalue weighted by Gasteiger charge is -2.28. The molecule has 7 atom stereocenters. The van der Waals surface area contributed by atoms with Crippen LogP contribution < -0.4 is 32.3 Å². The maximum atomic E-state index is 14.0. The van der Waals surface area contributed by atoms with Gasteiger partial charge in [-0.15, -0.1) is 0 Å². The number of amides is 6. The van der Waals surface area contributed by atoms with Gasteiger partial charge in [-0.2, -0.15) is 0 Å². The predicted molar refractivity (Wildman–Crippen MR) is 199 cm³/mol. The Hall–Kier alpha value is -5.84. The molecule has 9 N–H and O–H groups in total. The zero-order valence-electron chi connectivity index (χ0n) is 31.3. The Kier molecular flexibility index (Phi) is 16.3. The fraction of sp³-hybridized carbons (Fsp3) is 0.474. The third-order valence-corrected chi connectivity index (χ3v) is 9.11. The number of nitrogens with one attached hydrogen (secondary N) is 5. The molecule has 17 nitrogen and oxygen atoms in total. The number of benzene rings is 2. The van der Waals surface area contributed by atoms with Crippen LogP contribution in [0, 0.1) is 5.92 Å². The zero-order valence-corrected chi connectivity index (χ0v) is 31.3. The van der Waals surface area contributed by atoms with Crippen molar-refractivity contribution in [2.45, 2.75) is 102 Å². The van der Waals surface area contributed by atoms with Gasteiger partial charge in [-0.25, -0.2) is 4.79 Å². The average Bonchev–Trinajstić information content (AvgIpc) is 3.63. The van der Waals surface area contributed by atoms with Gasteiger partial charge in [0.1, 0.15) is 36.3 Å². The zero-order chi connectivity index (χ0) is 40.8. The van der Waals surface area contributed by atoms with Crippen LogP contribution >= 0.6 is 0 Å². The van der Waals surface area contributed by atoms with Gasteiger partial charge in [-0.3, -0.25) is 33.6 Å². The van der Waals surface area contributed by atoms with Crippen molar-refractivity contribution in [1.82, 2.24) is 31.5 Å². The smallest absolute Gasteiger partial charge is 0.326 e. The van der Waals surface area contributed by atoms with Crippen LogP contribution in [0.25, 0.3) is 0 Å². The Bertz CT molecular complexity index is 1690. The summed E-state index contributed by atoms with van der Waals surface area (Å²) in [7, 11) is 0. The Balaban J connectivity index is 1.80. The largest absolute Gasteiger partial charge is 0.481 e. The third kappa shape index (κ3) is 13.2. The van der Waals surface area contributed by atoms with Crippen LogP contribution in [0.2, 0.25) is 0 Å². The van der Waals surface area contributed by atoms with Crippen molar-refractivity contribution in [3.63, 3.8) is 0 Å². The molecule has 0 radical (unpaired) electrons. The molecule has 55 heavy (non-hydrogen) atoms. The Morgan fingerprint density at radius 1 is 0.673 bits per heavy atom. The molecule has 3 rings (SSSR count). The molecule has 1 aliphatic heterocycles. The summed E-state index contributed by atoms with van der Waals surface area (Å²) in [5, 5.41) is 31.5. The number of aliphatic carboxylic acids is 2. The molecule has 0 saturated carbocycles. The van der Waals surface area contributed by atoms with Crippen molar-refractivity contribution in [3.05, 3.63) is 71.8 Å². The maximum absolute atomic E-state index is 14.0. The van der Waals surface area contributed by atoms with Gasteiger partial charge in [-0.1, -0.05) is 74.5 Å². The highest BCUT2D eigenvalue weighted by molar-refractivity contribution is 5.97. The van der Waals surface area contributed by atoms with Crippen molar-refractivity contribution in [3.8, 4) is 0 Å². The second-order valence-electron chi connectivity index (χ2n) is 13.9. The lowest BCUT2D eigenvalue weighted by atomic mass is 9.99. The summed E-state index contributed by atoms with van der Waals surface area (Å²) in [5.74, 6) is -7.32. The van der Waals surface area contributed by atoms with Crippen molar-refractivity contribution in [2.24, 2.45) is 11.7 Å². The summed E-state index contributed by atoms with van der Waals surface area (Å²) in [6.45, 7) is 6.34. The molecule has 298 valence electrons. The normalized spacial score (nSPS) is 17.1. The third-order valence-electron chi connectivity index (χ3n) is 9.11. The molecule has 1 heterocycles. The minimum atomic E-state index is -1.42. The molecule has 0 aliphatic carbocycles. The van der Waals surface area contributed by atoms with Gasteiger partial charge < -0.3 is 47.4 Å². The van der Waals surface area contributed by atoms with E-state index >= 15 is 0 Å². The first-order valence-electron chi connectivity index (χ1n) is 18.1. The molecule has 1 aliphatic rings. The Morgan fingerprint density at radius 2 is 1.16 bits per heavy atom. The number of hydrogen-bond donors (Lipinski definition) is 8.